The van der Waals surface area contributed by atoms with Gasteiger partial charge in [0.15, 0.2) is 0 Å². The molecule has 1 N–H and O–H groups in total. The molecule has 3 atom stereocenters. The second kappa shape index (κ2) is 11.8. The van der Waals surface area contributed by atoms with Crippen molar-refractivity contribution in [2.24, 2.45) is 5.41 Å². The number of benzene rings is 3. The molecule has 0 aliphatic heterocycles. The zero-order valence-corrected chi connectivity index (χ0v) is 22.4. The van der Waals surface area contributed by atoms with Crippen LogP contribution >= 0.6 is 0 Å². The monoisotopic (exact) mass is 499 g/mol. The summed E-state index contributed by atoms with van der Waals surface area (Å²) in [6.07, 6.45) is 5.93. The number of nitriles is 2. The number of aromatic nitrogens is 2. The molecule has 0 aliphatic carbocycles. The van der Waals surface area contributed by atoms with Gasteiger partial charge in [0.05, 0.1) is 29.2 Å². The number of hydrogen-bond acceptors (Lipinski definition) is 5. The lowest BCUT2D eigenvalue weighted by Gasteiger charge is -2.36. The molecule has 4 rings (SSSR count). The molecule has 38 heavy (non-hydrogen) atoms. The molecule has 1 aromatic heterocycles. The first-order valence-electron chi connectivity index (χ1n) is 12.9. The van der Waals surface area contributed by atoms with E-state index in [-0.39, 0.29) is 18.0 Å². The van der Waals surface area contributed by atoms with E-state index in [1.165, 1.54) is 17.5 Å². The van der Waals surface area contributed by atoms with Gasteiger partial charge in [-0.1, -0.05) is 60.2 Å². The van der Waals surface area contributed by atoms with Crippen LogP contribution in [0.3, 0.4) is 0 Å². The summed E-state index contributed by atoms with van der Waals surface area (Å²) in [6, 6.07) is 29.3. The highest BCUT2D eigenvalue weighted by Gasteiger charge is 2.34. The van der Waals surface area contributed by atoms with E-state index in [0.717, 1.165) is 28.7 Å². The summed E-state index contributed by atoms with van der Waals surface area (Å²) in [5, 5.41) is 23.5. The Morgan fingerprint density at radius 2 is 1.55 bits per heavy atom. The van der Waals surface area contributed by atoms with Crippen molar-refractivity contribution < 1.29 is 0 Å². The second-order valence-electron chi connectivity index (χ2n) is 10.5. The molecule has 0 amide bonds. The van der Waals surface area contributed by atoms with Crippen LogP contribution < -0.4 is 5.32 Å². The number of nitrogens with zero attached hydrogens (tertiary/aromatic N) is 4. The SMILES string of the molecule is Cc1ccc(C[C@@H](c2cccc(C#N)c2)[C@H](C)NC(c2cccc(-c3cncnc3)c2)C(C)(C)C#N)cc1. The van der Waals surface area contributed by atoms with Crippen LogP contribution in [0.5, 0.6) is 0 Å². The van der Waals surface area contributed by atoms with Gasteiger partial charge < -0.3 is 5.32 Å². The third kappa shape index (κ3) is 6.32. The molecular weight excluding hydrogens is 466 g/mol. The summed E-state index contributed by atoms with van der Waals surface area (Å²) in [6.45, 7) is 8.21. The molecule has 0 radical (unpaired) electrons. The van der Waals surface area contributed by atoms with Gasteiger partial charge in [0, 0.05) is 29.9 Å². The molecule has 0 aliphatic rings. The van der Waals surface area contributed by atoms with Crippen LogP contribution in [0.1, 0.15) is 60.5 Å². The molecule has 1 heterocycles. The van der Waals surface area contributed by atoms with E-state index in [4.69, 9.17) is 0 Å². The van der Waals surface area contributed by atoms with E-state index in [2.05, 4.69) is 83.7 Å². The third-order valence-corrected chi connectivity index (χ3v) is 7.18. The fraction of sp³-hybridized carbons (Fsp3) is 0.273. The molecule has 0 saturated heterocycles. The van der Waals surface area contributed by atoms with E-state index in [1.54, 1.807) is 12.4 Å². The van der Waals surface area contributed by atoms with Crippen LogP contribution in [0.4, 0.5) is 0 Å². The largest absolute Gasteiger partial charge is 0.305 e. The third-order valence-electron chi connectivity index (χ3n) is 7.18. The zero-order chi connectivity index (χ0) is 27.1. The molecule has 0 bridgehead atoms. The van der Waals surface area contributed by atoms with Crippen molar-refractivity contribution in [3.8, 4) is 23.3 Å². The van der Waals surface area contributed by atoms with Crippen LogP contribution in [-0.4, -0.2) is 16.0 Å². The van der Waals surface area contributed by atoms with Crippen molar-refractivity contribution in [2.45, 2.75) is 52.1 Å². The Labute approximate surface area is 225 Å². The summed E-state index contributed by atoms with van der Waals surface area (Å²) in [5.41, 5.74) is 6.51. The minimum atomic E-state index is -0.678. The predicted octanol–water partition coefficient (Wildman–Crippen LogP) is 6.92. The minimum Gasteiger partial charge on any atom is -0.305 e. The molecule has 0 spiro atoms. The standard InChI is InChI=1S/C33H33N5/c1-23-11-13-25(14-12-23)16-31(28-9-5-7-26(15-28)18-34)24(2)38-32(33(3,4)21-35)29-10-6-8-27(17-29)30-19-36-22-37-20-30/h5-15,17,19-20,22,24,31-32,38H,16H2,1-4H3/t24-,31+,32?/m0/s1. The molecule has 0 saturated carbocycles. The summed E-state index contributed by atoms with van der Waals surface area (Å²) in [4.78, 5) is 8.33. The van der Waals surface area contributed by atoms with Crippen molar-refractivity contribution in [3.05, 3.63) is 119 Å². The first-order chi connectivity index (χ1) is 18.3. The van der Waals surface area contributed by atoms with E-state index in [1.807, 2.05) is 44.2 Å². The summed E-state index contributed by atoms with van der Waals surface area (Å²) in [5.74, 6) is 0.0914. The summed E-state index contributed by atoms with van der Waals surface area (Å²) >= 11 is 0. The van der Waals surface area contributed by atoms with E-state index in [9.17, 15) is 10.5 Å². The van der Waals surface area contributed by atoms with Crippen molar-refractivity contribution in [2.75, 3.05) is 0 Å². The van der Waals surface area contributed by atoms with Crippen LogP contribution in [0.15, 0.2) is 91.5 Å². The van der Waals surface area contributed by atoms with Crippen molar-refractivity contribution in [3.63, 3.8) is 0 Å². The van der Waals surface area contributed by atoms with Crippen LogP contribution in [0, 0.1) is 35.0 Å². The van der Waals surface area contributed by atoms with Gasteiger partial charge in [-0.2, -0.15) is 10.5 Å². The Morgan fingerprint density at radius 3 is 2.24 bits per heavy atom. The Morgan fingerprint density at radius 1 is 0.868 bits per heavy atom. The topological polar surface area (TPSA) is 85.4 Å². The van der Waals surface area contributed by atoms with Gasteiger partial charge >= 0.3 is 0 Å². The highest BCUT2D eigenvalue weighted by Crippen LogP contribution is 2.37. The van der Waals surface area contributed by atoms with Crippen LogP contribution in [-0.2, 0) is 6.42 Å². The molecule has 1 unspecified atom stereocenters. The van der Waals surface area contributed by atoms with Gasteiger partial charge in [0.1, 0.15) is 6.33 Å². The average Bonchev–Trinajstić information content (AvgIpc) is 2.96. The van der Waals surface area contributed by atoms with Gasteiger partial charge in [-0.05, 0) is 74.6 Å². The van der Waals surface area contributed by atoms with Crippen LogP contribution in [0.25, 0.3) is 11.1 Å². The van der Waals surface area contributed by atoms with E-state index in [0.29, 0.717) is 5.56 Å². The summed E-state index contributed by atoms with van der Waals surface area (Å²) < 4.78 is 0. The maximum absolute atomic E-state index is 10.2. The normalized spacial score (nSPS) is 13.6. The fourth-order valence-corrected chi connectivity index (χ4v) is 4.91. The van der Waals surface area contributed by atoms with Gasteiger partial charge in [-0.15, -0.1) is 0 Å². The van der Waals surface area contributed by atoms with E-state index >= 15 is 0 Å². The highest BCUT2D eigenvalue weighted by molar-refractivity contribution is 5.62. The smallest absolute Gasteiger partial charge is 0.115 e. The van der Waals surface area contributed by atoms with Crippen molar-refractivity contribution in [1.29, 1.82) is 10.5 Å². The second-order valence-corrected chi connectivity index (χ2v) is 10.5. The zero-order valence-electron chi connectivity index (χ0n) is 22.4. The molecule has 190 valence electrons. The lowest BCUT2D eigenvalue weighted by atomic mass is 9.79. The first kappa shape index (κ1) is 26.7. The molecule has 5 nitrogen and oxygen atoms in total. The molecule has 4 aromatic rings. The molecule has 0 fully saturated rings. The first-order valence-corrected chi connectivity index (χ1v) is 12.9. The van der Waals surface area contributed by atoms with Gasteiger partial charge in [-0.3, -0.25) is 0 Å². The van der Waals surface area contributed by atoms with Gasteiger partial charge in [-0.25, -0.2) is 9.97 Å². The maximum atomic E-state index is 10.2. The Bertz CT molecular complexity index is 1450. The van der Waals surface area contributed by atoms with E-state index < -0.39 is 5.41 Å². The number of aryl methyl sites for hydroxylation is 1. The minimum absolute atomic E-state index is 0.00610. The Hall–Kier alpha value is -4.32. The van der Waals surface area contributed by atoms with Gasteiger partial charge in [0.2, 0.25) is 0 Å². The van der Waals surface area contributed by atoms with Crippen molar-refractivity contribution in [1.82, 2.24) is 15.3 Å². The number of nitrogens with one attached hydrogen (secondary N) is 1. The summed E-state index contributed by atoms with van der Waals surface area (Å²) in [7, 11) is 0. The quantitative estimate of drug-likeness (QED) is 0.270. The molecular formula is C33H33N5. The van der Waals surface area contributed by atoms with Crippen molar-refractivity contribution >= 4 is 0 Å². The number of hydrogen-bond donors (Lipinski definition) is 1. The maximum Gasteiger partial charge on any atom is 0.115 e. The highest BCUT2D eigenvalue weighted by atomic mass is 15.0. The Kier molecular flexibility index (Phi) is 8.31. The molecule has 3 aromatic carbocycles. The van der Waals surface area contributed by atoms with Gasteiger partial charge in [0.25, 0.3) is 0 Å². The number of rotatable bonds is 9. The molecule has 5 heteroatoms. The predicted molar refractivity (Wildman–Crippen MR) is 151 cm³/mol. The Balaban J connectivity index is 1.71. The fourth-order valence-electron chi connectivity index (χ4n) is 4.91. The van der Waals surface area contributed by atoms with Crippen LogP contribution in [0.2, 0.25) is 0 Å². The lowest BCUT2D eigenvalue weighted by Crippen LogP contribution is -2.42. The lowest BCUT2D eigenvalue weighted by molar-refractivity contribution is 0.281. The average molecular weight is 500 g/mol.